The van der Waals surface area contributed by atoms with Crippen molar-refractivity contribution in [3.05, 3.63) is 24.3 Å². The zero-order chi connectivity index (χ0) is 17.1. The standard InChI is InChI=1S/C18H25N3O2S/c1-12-10-19-8-7-16(12)20-18(23)13-9-17(22)21(11-13)14-3-5-15(24-2)6-4-14/h3-6,12-13,16,19H,7-11H2,1-2H3,(H,20,23). The van der Waals surface area contributed by atoms with E-state index in [4.69, 9.17) is 0 Å². The van der Waals surface area contributed by atoms with E-state index < -0.39 is 0 Å². The number of hydrogen-bond donors (Lipinski definition) is 2. The topological polar surface area (TPSA) is 61.4 Å². The van der Waals surface area contributed by atoms with Gasteiger partial charge in [0.15, 0.2) is 0 Å². The van der Waals surface area contributed by atoms with E-state index in [2.05, 4.69) is 17.6 Å². The van der Waals surface area contributed by atoms with Crippen LogP contribution < -0.4 is 15.5 Å². The van der Waals surface area contributed by atoms with Crippen molar-refractivity contribution in [2.75, 3.05) is 30.8 Å². The molecule has 1 aromatic rings. The number of carbonyl (C=O) groups excluding carboxylic acids is 2. The van der Waals surface area contributed by atoms with Crippen LogP contribution in [-0.4, -0.2) is 43.7 Å². The number of rotatable bonds is 4. The molecule has 6 heteroatoms. The first-order valence-electron chi connectivity index (χ1n) is 8.54. The van der Waals surface area contributed by atoms with Gasteiger partial charge in [0.05, 0.1) is 5.92 Å². The Balaban J connectivity index is 1.62. The van der Waals surface area contributed by atoms with Gasteiger partial charge in [-0.3, -0.25) is 9.59 Å². The van der Waals surface area contributed by atoms with Gasteiger partial charge in [-0.15, -0.1) is 11.8 Å². The summed E-state index contributed by atoms with van der Waals surface area (Å²) in [4.78, 5) is 27.8. The highest BCUT2D eigenvalue weighted by atomic mass is 32.2. The Labute approximate surface area is 147 Å². The van der Waals surface area contributed by atoms with E-state index in [9.17, 15) is 9.59 Å². The SMILES string of the molecule is CSc1ccc(N2CC(C(=O)NC3CCNCC3C)CC2=O)cc1. The van der Waals surface area contributed by atoms with Crippen LogP contribution in [-0.2, 0) is 9.59 Å². The van der Waals surface area contributed by atoms with Crippen molar-refractivity contribution in [3.63, 3.8) is 0 Å². The van der Waals surface area contributed by atoms with Gasteiger partial charge in [-0.2, -0.15) is 0 Å². The highest BCUT2D eigenvalue weighted by Crippen LogP contribution is 2.27. The minimum atomic E-state index is -0.250. The Morgan fingerprint density at radius 3 is 2.75 bits per heavy atom. The quantitative estimate of drug-likeness (QED) is 0.817. The van der Waals surface area contributed by atoms with Crippen molar-refractivity contribution in [2.45, 2.75) is 30.7 Å². The third-order valence-corrected chi connectivity index (χ3v) is 5.74. The molecule has 3 unspecified atom stereocenters. The zero-order valence-corrected chi connectivity index (χ0v) is 15.1. The summed E-state index contributed by atoms with van der Waals surface area (Å²) in [5.41, 5.74) is 0.878. The Morgan fingerprint density at radius 1 is 1.33 bits per heavy atom. The minimum absolute atomic E-state index is 0.0188. The van der Waals surface area contributed by atoms with Gasteiger partial charge >= 0.3 is 0 Å². The molecule has 2 aliphatic heterocycles. The van der Waals surface area contributed by atoms with Crippen LogP contribution in [0.3, 0.4) is 0 Å². The summed E-state index contributed by atoms with van der Waals surface area (Å²) in [5.74, 6) is 0.227. The maximum absolute atomic E-state index is 12.6. The van der Waals surface area contributed by atoms with Gasteiger partial charge in [-0.25, -0.2) is 0 Å². The van der Waals surface area contributed by atoms with Gasteiger partial charge in [0, 0.05) is 29.6 Å². The van der Waals surface area contributed by atoms with Crippen LogP contribution in [0.4, 0.5) is 5.69 Å². The number of amides is 2. The molecule has 5 nitrogen and oxygen atoms in total. The summed E-state index contributed by atoms with van der Waals surface area (Å²) in [5, 5.41) is 6.50. The summed E-state index contributed by atoms with van der Waals surface area (Å²) in [6, 6.07) is 8.15. The first kappa shape index (κ1) is 17.3. The zero-order valence-electron chi connectivity index (χ0n) is 14.2. The van der Waals surface area contributed by atoms with Gasteiger partial charge in [0.1, 0.15) is 0 Å². The Hall–Kier alpha value is -1.53. The predicted molar refractivity (Wildman–Crippen MR) is 97.3 cm³/mol. The van der Waals surface area contributed by atoms with E-state index in [0.717, 1.165) is 25.2 Å². The van der Waals surface area contributed by atoms with Gasteiger partial charge in [0.25, 0.3) is 0 Å². The summed E-state index contributed by atoms with van der Waals surface area (Å²) in [6.07, 6.45) is 3.28. The molecule has 0 saturated carbocycles. The fourth-order valence-electron chi connectivity index (χ4n) is 3.42. The average molecular weight is 347 g/mol. The van der Waals surface area contributed by atoms with Crippen molar-refractivity contribution in [2.24, 2.45) is 11.8 Å². The lowest BCUT2D eigenvalue weighted by Gasteiger charge is -2.31. The lowest BCUT2D eigenvalue weighted by Crippen LogP contribution is -2.50. The molecule has 24 heavy (non-hydrogen) atoms. The molecule has 0 bridgehead atoms. The molecule has 0 aliphatic carbocycles. The maximum Gasteiger partial charge on any atom is 0.227 e. The fraction of sp³-hybridized carbons (Fsp3) is 0.556. The Bertz CT molecular complexity index is 605. The second kappa shape index (κ2) is 7.57. The van der Waals surface area contributed by atoms with Crippen LogP contribution in [0.1, 0.15) is 19.8 Å². The first-order valence-corrected chi connectivity index (χ1v) is 9.76. The summed E-state index contributed by atoms with van der Waals surface area (Å²) in [6.45, 7) is 4.49. The third kappa shape index (κ3) is 3.75. The molecule has 3 rings (SSSR count). The molecule has 2 N–H and O–H groups in total. The Kier molecular flexibility index (Phi) is 5.46. The molecule has 1 aromatic carbocycles. The number of carbonyl (C=O) groups is 2. The number of anilines is 1. The van der Waals surface area contributed by atoms with Crippen LogP contribution in [0, 0.1) is 11.8 Å². The van der Waals surface area contributed by atoms with E-state index in [-0.39, 0.29) is 23.8 Å². The van der Waals surface area contributed by atoms with Crippen LogP contribution in [0.2, 0.25) is 0 Å². The van der Waals surface area contributed by atoms with Crippen molar-refractivity contribution in [1.29, 1.82) is 0 Å². The normalized spacial score (nSPS) is 27.3. The predicted octanol–water partition coefficient (Wildman–Crippen LogP) is 1.88. The number of piperidine rings is 1. The van der Waals surface area contributed by atoms with E-state index in [1.165, 1.54) is 4.90 Å². The second-order valence-electron chi connectivity index (χ2n) is 6.69. The van der Waals surface area contributed by atoms with Crippen LogP contribution in [0.5, 0.6) is 0 Å². The molecule has 2 heterocycles. The van der Waals surface area contributed by atoms with E-state index >= 15 is 0 Å². The average Bonchev–Trinajstić information content (AvgIpc) is 2.99. The molecule has 3 atom stereocenters. The van der Waals surface area contributed by atoms with E-state index in [0.29, 0.717) is 18.9 Å². The van der Waals surface area contributed by atoms with Crippen molar-refractivity contribution in [3.8, 4) is 0 Å². The summed E-state index contributed by atoms with van der Waals surface area (Å²) >= 11 is 1.67. The highest BCUT2D eigenvalue weighted by Gasteiger charge is 2.36. The molecular weight excluding hydrogens is 322 g/mol. The lowest BCUT2D eigenvalue weighted by molar-refractivity contribution is -0.127. The molecule has 0 spiro atoms. The third-order valence-electron chi connectivity index (χ3n) is 4.99. The van der Waals surface area contributed by atoms with Crippen molar-refractivity contribution in [1.82, 2.24) is 10.6 Å². The summed E-state index contributed by atoms with van der Waals surface area (Å²) in [7, 11) is 0. The molecule has 0 radical (unpaired) electrons. The largest absolute Gasteiger partial charge is 0.353 e. The smallest absolute Gasteiger partial charge is 0.227 e. The molecule has 2 fully saturated rings. The number of nitrogens with zero attached hydrogens (tertiary/aromatic N) is 1. The lowest BCUT2D eigenvalue weighted by atomic mass is 9.94. The van der Waals surface area contributed by atoms with Crippen molar-refractivity contribution < 1.29 is 9.59 Å². The van der Waals surface area contributed by atoms with Gasteiger partial charge < -0.3 is 15.5 Å². The number of thioether (sulfide) groups is 1. The van der Waals surface area contributed by atoms with Crippen LogP contribution in [0.25, 0.3) is 0 Å². The summed E-state index contributed by atoms with van der Waals surface area (Å²) < 4.78 is 0. The molecule has 2 amide bonds. The van der Waals surface area contributed by atoms with E-state index in [1.54, 1.807) is 16.7 Å². The van der Waals surface area contributed by atoms with Crippen LogP contribution in [0.15, 0.2) is 29.2 Å². The molecule has 2 saturated heterocycles. The highest BCUT2D eigenvalue weighted by molar-refractivity contribution is 7.98. The molecule has 0 aromatic heterocycles. The number of benzene rings is 1. The minimum Gasteiger partial charge on any atom is -0.353 e. The monoisotopic (exact) mass is 347 g/mol. The van der Waals surface area contributed by atoms with Crippen molar-refractivity contribution >= 4 is 29.3 Å². The van der Waals surface area contributed by atoms with Gasteiger partial charge in [-0.05, 0) is 55.9 Å². The number of hydrogen-bond acceptors (Lipinski definition) is 4. The Morgan fingerprint density at radius 2 is 2.08 bits per heavy atom. The first-order chi connectivity index (χ1) is 11.6. The number of nitrogens with one attached hydrogen (secondary N) is 2. The van der Waals surface area contributed by atoms with E-state index in [1.807, 2.05) is 30.5 Å². The maximum atomic E-state index is 12.6. The van der Waals surface area contributed by atoms with Gasteiger partial charge in [-0.1, -0.05) is 6.92 Å². The fourth-order valence-corrected chi connectivity index (χ4v) is 3.83. The second-order valence-corrected chi connectivity index (χ2v) is 7.57. The molecular formula is C18H25N3O2S. The van der Waals surface area contributed by atoms with Gasteiger partial charge in [0.2, 0.25) is 11.8 Å². The van der Waals surface area contributed by atoms with Crippen LogP contribution >= 0.6 is 11.8 Å². The molecule has 130 valence electrons. The molecule has 2 aliphatic rings.